The molecule has 0 aliphatic rings. The summed E-state index contributed by atoms with van der Waals surface area (Å²) in [6.07, 6.45) is 1.71. The van der Waals surface area contributed by atoms with Crippen LogP contribution in [0.3, 0.4) is 0 Å². The molecule has 0 saturated carbocycles. The van der Waals surface area contributed by atoms with Crippen molar-refractivity contribution in [3.8, 4) is 5.75 Å². The van der Waals surface area contributed by atoms with Gasteiger partial charge in [-0.25, -0.2) is 4.39 Å². The molecular weight excluding hydrogens is 428 g/mol. The molecule has 0 spiro atoms. The third kappa shape index (κ3) is 4.60. The van der Waals surface area contributed by atoms with Crippen molar-refractivity contribution in [2.75, 3.05) is 11.6 Å². The molecular formula is C17H17FINO2S. The van der Waals surface area contributed by atoms with E-state index in [1.165, 1.54) is 6.07 Å². The van der Waals surface area contributed by atoms with Gasteiger partial charge in [-0.3, -0.25) is 4.79 Å². The molecule has 1 amide bonds. The summed E-state index contributed by atoms with van der Waals surface area (Å²) < 4.78 is 20.6. The van der Waals surface area contributed by atoms with E-state index in [0.717, 1.165) is 32.0 Å². The van der Waals surface area contributed by atoms with Gasteiger partial charge in [0.25, 0.3) is 5.24 Å². The van der Waals surface area contributed by atoms with Crippen molar-refractivity contribution >= 4 is 45.3 Å². The van der Waals surface area contributed by atoms with Crippen molar-refractivity contribution in [2.45, 2.75) is 20.5 Å². The number of ether oxygens (including phenoxy) is 1. The Kier molecular flexibility index (Phi) is 6.29. The van der Waals surface area contributed by atoms with Gasteiger partial charge in [-0.15, -0.1) is 0 Å². The Labute approximate surface area is 153 Å². The van der Waals surface area contributed by atoms with Crippen LogP contribution in [0.15, 0.2) is 30.3 Å². The number of carbonyl (C=O) groups excluding carboxylic acids is 1. The summed E-state index contributed by atoms with van der Waals surface area (Å²) in [5.41, 5.74) is 3.37. The zero-order valence-corrected chi connectivity index (χ0v) is 16.0. The molecule has 0 bridgehead atoms. The molecule has 1 N–H and O–H groups in total. The van der Waals surface area contributed by atoms with E-state index in [-0.39, 0.29) is 23.4 Å². The van der Waals surface area contributed by atoms with E-state index in [4.69, 9.17) is 4.74 Å². The molecule has 0 unspecified atom stereocenters. The lowest BCUT2D eigenvalue weighted by Crippen LogP contribution is -2.09. The second kappa shape index (κ2) is 8.01. The zero-order valence-electron chi connectivity index (χ0n) is 13.1. The fourth-order valence-corrected chi connectivity index (χ4v) is 2.86. The molecule has 2 aromatic carbocycles. The highest BCUT2D eigenvalue weighted by molar-refractivity contribution is 14.1. The predicted molar refractivity (Wildman–Crippen MR) is 102 cm³/mol. The maximum Gasteiger partial charge on any atom is 0.283 e. The summed E-state index contributed by atoms with van der Waals surface area (Å²) in [6.45, 7) is 3.96. The lowest BCUT2D eigenvalue weighted by Gasteiger charge is -2.14. The third-order valence-corrected chi connectivity index (χ3v) is 4.94. The highest BCUT2D eigenvalue weighted by Crippen LogP contribution is 2.27. The number of hydrogen-bond acceptors (Lipinski definition) is 3. The molecule has 0 atom stereocenters. The Morgan fingerprint density at radius 3 is 2.70 bits per heavy atom. The normalized spacial score (nSPS) is 10.5. The minimum absolute atomic E-state index is 0.148. The monoisotopic (exact) mass is 445 g/mol. The molecule has 23 heavy (non-hydrogen) atoms. The van der Waals surface area contributed by atoms with Gasteiger partial charge in [-0.05, 0) is 78.1 Å². The van der Waals surface area contributed by atoms with Crippen LogP contribution in [0.25, 0.3) is 0 Å². The van der Waals surface area contributed by atoms with Gasteiger partial charge in [0.2, 0.25) is 0 Å². The Bertz CT molecular complexity index is 737. The molecule has 0 aromatic heterocycles. The van der Waals surface area contributed by atoms with Gasteiger partial charge in [0.05, 0.1) is 0 Å². The van der Waals surface area contributed by atoms with E-state index in [9.17, 15) is 9.18 Å². The molecule has 0 aliphatic carbocycles. The van der Waals surface area contributed by atoms with Gasteiger partial charge >= 0.3 is 0 Å². The maximum atomic E-state index is 14.0. The Morgan fingerprint density at radius 2 is 2.00 bits per heavy atom. The lowest BCUT2D eigenvalue weighted by atomic mass is 10.1. The highest BCUT2D eigenvalue weighted by atomic mass is 127. The van der Waals surface area contributed by atoms with Gasteiger partial charge in [0.1, 0.15) is 6.61 Å². The average molecular weight is 445 g/mol. The summed E-state index contributed by atoms with van der Waals surface area (Å²) in [6, 6.07) is 8.76. The minimum Gasteiger partial charge on any atom is -0.486 e. The molecule has 2 aromatic rings. The first-order valence-electron chi connectivity index (χ1n) is 6.94. The van der Waals surface area contributed by atoms with E-state index in [1.54, 1.807) is 12.3 Å². The molecule has 2 rings (SSSR count). The fraction of sp³-hybridized carbons (Fsp3) is 0.235. The van der Waals surface area contributed by atoms with Crippen molar-refractivity contribution in [3.63, 3.8) is 0 Å². The highest BCUT2D eigenvalue weighted by Gasteiger charge is 2.12. The van der Waals surface area contributed by atoms with E-state index in [2.05, 4.69) is 27.9 Å². The number of thioether (sulfide) groups is 1. The van der Waals surface area contributed by atoms with Crippen LogP contribution in [0, 0.1) is 23.2 Å². The molecule has 3 nitrogen and oxygen atoms in total. The van der Waals surface area contributed by atoms with Crippen LogP contribution in [0.4, 0.5) is 14.9 Å². The summed E-state index contributed by atoms with van der Waals surface area (Å²) in [7, 11) is 0. The van der Waals surface area contributed by atoms with Crippen molar-refractivity contribution in [2.24, 2.45) is 0 Å². The minimum atomic E-state index is -0.381. The first-order chi connectivity index (χ1) is 10.9. The Balaban J connectivity index is 2.23. The summed E-state index contributed by atoms with van der Waals surface area (Å²) in [5, 5.41) is 2.67. The quantitative estimate of drug-likeness (QED) is 0.630. The van der Waals surface area contributed by atoms with Gasteiger partial charge in [-0.2, -0.15) is 0 Å². The first kappa shape index (κ1) is 18.1. The summed E-state index contributed by atoms with van der Waals surface area (Å²) >= 11 is 3.28. The van der Waals surface area contributed by atoms with Gasteiger partial charge in [-0.1, -0.05) is 17.8 Å². The maximum absolute atomic E-state index is 14.0. The van der Waals surface area contributed by atoms with Crippen LogP contribution in [0.1, 0.15) is 16.7 Å². The average Bonchev–Trinajstić information content (AvgIpc) is 2.51. The molecule has 6 heteroatoms. The first-order valence-corrected chi connectivity index (χ1v) is 9.24. The second-order valence-corrected chi connectivity index (χ2v) is 6.98. The number of carbonyl (C=O) groups is 1. The molecule has 0 fully saturated rings. The van der Waals surface area contributed by atoms with Gasteiger partial charge < -0.3 is 10.1 Å². The number of hydrogen-bond donors (Lipinski definition) is 1. The van der Waals surface area contributed by atoms with Crippen LogP contribution in [-0.4, -0.2) is 11.5 Å². The summed E-state index contributed by atoms with van der Waals surface area (Å²) in [5.74, 6) is -0.163. The lowest BCUT2D eigenvalue weighted by molar-refractivity contribution is 0.269. The van der Waals surface area contributed by atoms with E-state index in [0.29, 0.717) is 5.69 Å². The number of nitrogens with one attached hydrogen (secondary N) is 1. The Morgan fingerprint density at radius 1 is 1.30 bits per heavy atom. The number of aryl methyl sites for hydroxylation is 2. The standard InChI is InChI=1S/C17H17FINO2S/c1-10-7-13(18)16(8-11(10)2)22-9-12-14(19)5-4-6-15(12)20-17(21)23-3/h4-8H,9H2,1-3H3,(H,20,21). The Hall–Kier alpha value is -1.28. The number of benzene rings is 2. The van der Waals surface area contributed by atoms with Crippen LogP contribution in [-0.2, 0) is 6.61 Å². The SMILES string of the molecule is CSC(=O)Nc1cccc(I)c1COc1cc(C)c(C)cc1F. The predicted octanol–water partition coefficient (Wildman–Crippen LogP) is 5.52. The number of rotatable bonds is 4. The number of amides is 1. The van der Waals surface area contributed by atoms with E-state index in [1.807, 2.05) is 32.0 Å². The van der Waals surface area contributed by atoms with E-state index < -0.39 is 0 Å². The van der Waals surface area contributed by atoms with Crippen molar-refractivity contribution in [1.82, 2.24) is 0 Å². The van der Waals surface area contributed by atoms with Crippen LogP contribution >= 0.6 is 34.4 Å². The molecule has 0 heterocycles. The fourth-order valence-electron chi connectivity index (χ4n) is 2.00. The molecule has 0 radical (unpaired) electrons. The zero-order chi connectivity index (χ0) is 17.0. The van der Waals surface area contributed by atoms with E-state index >= 15 is 0 Å². The molecule has 122 valence electrons. The second-order valence-electron chi connectivity index (χ2n) is 5.04. The van der Waals surface area contributed by atoms with Crippen LogP contribution < -0.4 is 10.1 Å². The van der Waals surface area contributed by atoms with Crippen LogP contribution in [0.5, 0.6) is 5.75 Å². The third-order valence-electron chi connectivity index (χ3n) is 3.46. The molecule has 0 saturated heterocycles. The number of anilines is 1. The van der Waals surface area contributed by atoms with Crippen LogP contribution in [0.2, 0.25) is 0 Å². The topological polar surface area (TPSA) is 38.3 Å². The van der Waals surface area contributed by atoms with Gasteiger partial charge in [0, 0.05) is 14.8 Å². The molecule has 0 aliphatic heterocycles. The largest absolute Gasteiger partial charge is 0.486 e. The van der Waals surface area contributed by atoms with Crippen molar-refractivity contribution < 1.29 is 13.9 Å². The summed E-state index contributed by atoms with van der Waals surface area (Å²) in [4.78, 5) is 11.6. The van der Waals surface area contributed by atoms with Gasteiger partial charge in [0.15, 0.2) is 11.6 Å². The number of halogens is 2. The van der Waals surface area contributed by atoms with Crippen molar-refractivity contribution in [1.29, 1.82) is 0 Å². The smallest absolute Gasteiger partial charge is 0.283 e. The van der Waals surface area contributed by atoms with Crippen molar-refractivity contribution in [3.05, 3.63) is 56.4 Å².